The molecule has 5 atom stereocenters. The molecule has 4 aliphatic heterocycles. The number of carbonyl (C=O) groups excluding carboxylic acids is 3. The van der Waals surface area contributed by atoms with E-state index in [0.29, 0.717) is 41.3 Å². The number of carbonyl (C=O) groups is 3. The lowest BCUT2D eigenvalue weighted by molar-refractivity contribution is -0.151. The number of nitrogens with zero attached hydrogens (tertiary/aromatic N) is 3. The van der Waals surface area contributed by atoms with Crippen LogP contribution in [0.5, 0.6) is 5.75 Å². The van der Waals surface area contributed by atoms with E-state index in [1.54, 1.807) is 14.7 Å². The van der Waals surface area contributed by atoms with Crippen molar-refractivity contribution in [2.24, 2.45) is 11.8 Å². The smallest absolute Gasteiger partial charge is 0.269 e. The number of hydrogen-bond donors (Lipinski definition) is 1. The normalized spacial score (nSPS) is 25.2. The molecule has 0 aliphatic carbocycles. The van der Waals surface area contributed by atoms with Gasteiger partial charge in [0.2, 0.25) is 5.91 Å². The first kappa shape index (κ1) is 34.0. The molecule has 4 aromatic rings. The summed E-state index contributed by atoms with van der Waals surface area (Å²) in [5.74, 6) is -1.55. The van der Waals surface area contributed by atoms with E-state index >= 15 is 4.39 Å². The molecule has 0 bridgehead atoms. The van der Waals surface area contributed by atoms with E-state index in [-0.39, 0.29) is 43.9 Å². The lowest BCUT2D eigenvalue weighted by Gasteiger charge is -2.37. The molecule has 8 rings (SSSR count). The minimum atomic E-state index is -1.78. The molecule has 4 aromatic carbocycles. The number of hydrogen-bond acceptors (Lipinski definition) is 6. The highest BCUT2D eigenvalue weighted by molar-refractivity contribution is 6.08. The van der Waals surface area contributed by atoms with Crippen LogP contribution in [0.3, 0.4) is 0 Å². The first-order valence-electron chi connectivity index (χ1n) is 17.9. The number of ether oxygens (including phenoxy) is 2. The molecule has 0 saturated carbocycles. The summed E-state index contributed by atoms with van der Waals surface area (Å²) < 4.78 is 28.8. The summed E-state index contributed by atoms with van der Waals surface area (Å²) >= 11 is 0. The van der Waals surface area contributed by atoms with Crippen molar-refractivity contribution >= 4 is 34.8 Å². The zero-order chi connectivity index (χ0) is 36.4. The van der Waals surface area contributed by atoms with Crippen LogP contribution in [0.25, 0.3) is 0 Å². The van der Waals surface area contributed by atoms with E-state index in [0.717, 1.165) is 16.7 Å². The predicted molar refractivity (Wildman–Crippen MR) is 194 cm³/mol. The van der Waals surface area contributed by atoms with Gasteiger partial charge in [-0.15, -0.1) is 0 Å². The maximum atomic E-state index is 16.4. The summed E-state index contributed by atoms with van der Waals surface area (Å²) in [6, 6.07) is 29.8. The van der Waals surface area contributed by atoms with Gasteiger partial charge in [0.1, 0.15) is 11.4 Å². The summed E-state index contributed by atoms with van der Waals surface area (Å²) in [6.07, 6.45) is -0.502. The molecule has 3 amide bonds. The van der Waals surface area contributed by atoms with Crippen LogP contribution < -0.4 is 14.5 Å². The Hall–Kier alpha value is -5.06. The third kappa shape index (κ3) is 5.47. The average Bonchev–Trinajstić information content (AvgIpc) is 3.57. The second-order valence-corrected chi connectivity index (χ2v) is 14.9. The monoisotopic (exact) mass is 703 g/mol. The second kappa shape index (κ2) is 12.9. The summed E-state index contributed by atoms with van der Waals surface area (Å²) in [4.78, 5) is 47.1. The highest BCUT2D eigenvalue weighted by atomic mass is 19.1. The van der Waals surface area contributed by atoms with Crippen LogP contribution in [-0.4, -0.2) is 58.8 Å². The van der Waals surface area contributed by atoms with Crippen molar-refractivity contribution in [1.29, 1.82) is 0 Å². The third-order valence-corrected chi connectivity index (χ3v) is 11.3. The average molecular weight is 704 g/mol. The third-order valence-electron chi connectivity index (χ3n) is 11.3. The lowest BCUT2D eigenvalue weighted by Crippen LogP contribution is -2.48. The highest BCUT2D eigenvalue weighted by Crippen LogP contribution is 2.58. The Balaban J connectivity index is 1.10. The van der Waals surface area contributed by atoms with Gasteiger partial charge in [0.15, 0.2) is 12.2 Å². The molecule has 0 unspecified atom stereocenters. The molecule has 9 nitrogen and oxygen atoms in total. The molecule has 0 radical (unpaired) electrons. The molecule has 10 heteroatoms. The topological polar surface area (TPSA) is 99.6 Å². The quantitative estimate of drug-likeness (QED) is 0.246. The second-order valence-electron chi connectivity index (χ2n) is 14.9. The summed E-state index contributed by atoms with van der Waals surface area (Å²) in [5, 5.41) is 10.3. The van der Waals surface area contributed by atoms with Gasteiger partial charge in [-0.05, 0) is 67.3 Å². The van der Waals surface area contributed by atoms with Crippen molar-refractivity contribution in [1.82, 2.24) is 4.90 Å². The summed E-state index contributed by atoms with van der Waals surface area (Å²) in [7, 11) is 0. The van der Waals surface area contributed by atoms with Crippen molar-refractivity contribution < 1.29 is 33.4 Å². The molecule has 52 heavy (non-hydrogen) atoms. The molecular weight excluding hydrogens is 661 g/mol. The Labute approximate surface area is 302 Å². The van der Waals surface area contributed by atoms with E-state index in [4.69, 9.17) is 9.47 Å². The van der Waals surface area contributed by atoms with Crippen LogP contribution >= 0.6 is 0 Å². The number of fused-ring (bicyclic) bond motifs is 4. The van der Waals surface area contributed by atoms with Crippen LogP contribution in [0, 0.1) is 11.8 Å². The number of alkyl halides is 1. The largest absolute Gasteiger partial charge is 0.482 e. The van der Waals surface area contributed by atoms with Crippen LogP contribution in [0.2, 0.25) is 0 Å². The molecule has 1 N–H and O–H groups in total. The number of rotatable bonds is 7. The molecule has 268 valence electrons. The van der Waals surface area contributed by atoms with Gasteiger partial charge in [-0.25, -0.2) is 4.39 Å². The van der Waals surface area contributed by atoms with E-state index in [1.807, 2.05) is 104 Å². The predicted octanol–water partition coefficient (Wildman–Crippen LogP) is 6.22. The Morgan fingerprint density at radius 2 is 1.65 bits per heavy atom. The maximum Gasteiger partial charge on any atom is 0.269 e. The summed E-state index contributed by atoms with van der Waals surface area (Å²) in [5.41, 5.74) is 2.20. The number of para-hydroxylation sites is 3. The van der Waals surface area contributed by atoms with Gasteiger partial charge in [-0.1, -0.05) is 73.7 Å². The Kier molecular flexibility index (Phi) is 8.42. The van der Waals surface area contributed by atoms with Crippen LogP contribution in [0.4, 0.5) is 21.5 Å². The van der Waals surface area contributed by atoms with Crippen LogP contribution in [0.1, 0.15) is 49.4 Å². The first-order valence-corrected chi connectivity index (χ1v) is 17.9. The lowest BCUT2D eigenvalue weighted by atomic mass is 9.71. The Bertz CT molecular complexity index is 2060. The van der Waals surface area contributed by atoms with Gasteiger partial charge in [0.25, 0.3) is 11.8 Å². The Morgan fingerprint density at radius 3 is 2.42 bits per heavy atom. The van der Waals surface area contributed by atoms with E-state index in [1.165, 1.54) is 13.8 Å². The fourth-order valence-corrected chi connectivity index (χ4v) is 9.05. The van der Waals surface area contributed by atoms with Gasteiger partial charge < -0.3 is 24.4 Å². The van der Waals surface area contributed by atoms with Crippen molar-refractivity contribution in [2.45, 2.75) is 70.1 Å². The van der Waals surface area contributed by atoms with E-state index < -0.39 is 35.3 Å². The Morgan fingerprint density at radius 1 is 0.942 bits per heavy atom. The highest BCUT2D eigenvalue weighted by Gasteiger charge is 2.66. The number of halogens is 1. The fourth-order valence-electron chi connectivity index (χ4n) is 9.05. The van der Waals surface area contributed by atoms with Gasteiger partial charge in [0.05, 0.1) is 43.1 Å². The first-order chi connectivity index (χ1) is 25.0. The zero-order valence-electron chi connectivity index (χ0n) is 29.5. The molecule has 1 spiro atoms. The van der Waals surface area contributed by atoms with Crippen LogP contribution in [-0.2, 0) is 44.2 Å². The maximum absolute atomic E-state index is 16.4. The molecular formula is C42H42FN3O6. The number of benzene rings is 4. The molecule has 4 aliphatic rings. The standard InChI is InChI=1S/C42H42FN3O6/c1-26-39(41(2,3)43)36(21-37(48)44-23-29-13-5-4-12-28(29)20-31(44)24-47)52-42(26)32-15-6-7-16-33(32)45(40(42)50)22-27-11-10-14-30(19-27)46-34-17-8-9-18-35(34)51-25-38(46)49/h4-19,26,31,36,39,47H,20-25H2,1-3H3/t26-,31+,36+,39-,42+/m1/s1. The van der Waals surface area contributed by atoms with E-state index in [2.05, 4.69) is 0 Å². The van der Waals surface area contributed by atoms with E-state index in [9.17, 15) is 19.5 Å². The molecule has 0 aromatic heterocycles. The molecule has 1 saturated heterocycles. The van der Waals surface area contributed by atoms with Crippen molar-refractivity contribution in [3.63, 3.8) is 0 Å². The summed E-state index contributed by atoms with van der Waals surface area (Å²) in [6.45, 7) is 5.07. The van der Waals surface area contributed by atoms with Gasteiger partial charge >= 0.3 is 0 Å². The van der Waals surface area contributed by atoms with Gasteiger partial charge in [0, 0.05) is 29.6 Å². The number of aliphatic hydroxyl groups excluding tert-OH is 1. The minimum absolute atomic E-state index is 0.0849. The minimum Gasteiger partial charge on any atom is -0.482 e. The number of amides is 3. The molecule has 1 fully saturated rings. The molecule has 4 heterocycles. The van der Waals surface area contributed by atoms with Crippen LogP contribution in [0.15, 0.2) is 97.1 Å². The number of aliphatic hydroxyl groups is 1. The SMILES string of the molecule is C[C@@H]1[C@@H](C(C)(C)F)[C@H](CC(=O)N2Cc3ccccc3C[C@H]2CO)O[C@@]12C(=O)N(Cc1cccc(N3C(=O)COc4ccccc43)c1)c1ccccc12. The fraction of sp³-hybridized carbons (Fsp3) is 0.357. The van der Waals surface area contributed by atoms with Gasteiger partial charge in [-0.2, -0.15) is 0 Å². The van der Waals surface area contributed by atoms with Crippen molar-refractivity contribution in [3.05, 3.63) is 119 Å². The number of anilines is 3. The van der Waals surface area contributed by atoms with Crippen molar-refractivity contribution in [3.8, 4) is 5.75 Å². The van der Waals surface area contributed by atoms with Crippen molar-refractivity contribution in [2.75, 3.05) is 23.0 Å². The van der Waals surface area contributed by atoms with Gasteiger partial charge in [-0.3, -0.25) is 19.3 Å². The zero-order valence-corrected chi connectivity index (χ0v) is 29.5.